The fourth-order valence-electron chi connectivity index (χ4n) is 6.85. The summed E-state index contributed by atoms with van der Waals surface area (Å²) in [5, 5.41) is 55.0. The third-order valence-corrected chi connectivity index (χ3v) is 9.33. The molecular weight excluding hydrogens is 668 g/mol. The van der Waals surface area contributed by atoms with E-state index in [0.717, 1.165) is 26.4 Å². The van der Waals surface area contributed by atoms with Gasteiger partial charge in [-0.25, -0.2) is 9.59 Å². The van der Waals surface area contributed by atoms with Gasteiger partial charge in [0, 0.05) is 31.6 Å². The van der Waals surface area contributed by atoms with E-state index in [2.05, 4.69) is 4.74 Å². The molecule has 0 saturated carbocycles. The number of ketones is 2. The number of allylic oxidation sites excluding steroid dienone is 1. The fraction of sp³-hybridized carbons (Fsp3) is 0.394. The summed E-state index contributed by atoms with van der Waals surface area (Å²) in [6.45, 7) is 1.54. The molecule has 0 bridgehead atoms. The Morgan fingerprint density at radius 2 is 1.70 bits per heavy atom. The molecule has 5 N–H and O–H groups in total. The maximum absolute atomic E-state index is 14.2. The van der Waals surface area contributed by atoms with Crippen molar-refractivity contribution >= 4 is 28.3 Å². The number of methoxy groups -OCH3 is 3. The smallest absolute Gasteiger partial charge is 0.374 e. The van der Waals surface area contributed by atoms with Gasteiger partial charge in [0.05, 0.1) is 43.1 Å². The quantitative estimate of drug-likeness (QED) is 0.184. The molecule has 17 heteroatoms. The van der Waals surface area contributed by atoms with Gasteiger partial charge in [0.25, 0.3) is 0 Å². The summed E-state index contributed by atoms with van der Waals surface area (Å²) in [6.07, 6.45) is -8.13. The minimum Gasteiger partial charge on any atom is -0.507 e. The van der Waals surface area contributed by atoms with Crippen LogP contribution in [0.5, 0.6) is 28.7 Å². The SMILES string of the molecule is COC(=O)c1cc2cc3c(c(O)c2c(=O)o1)OC1(OC2=C(C(=O)c4c(O)cc(OC)c(O)c4C2=O)[C@H]1O[C@H]1C[C@@H](OC)[C@@H](O)[C@H](C)O1)[C@H](O)C3. The van der Waals surface area contributed by atoms with Gasteiger partial charge in [0.1, 0.15) is 23.3 Å². The Hall–Kier alpha value is -5.20. The summed E-state index contributed by atoms with van der Waals surface area (Å²) >= 11 is 0. The van der Waals surface area contributed by atoms with Crippen molar-refractivity contribution in [3.05, 3.63) is 62.4 Å². The van der Waals surface area contributed by atoms with Crippen LogP contribution < -0.4 is 15.1 Å². The second kappa shape index (κ2) is 11.7. The summed E-state index contributed by atoms with van der Waals surface area (Å²) in [6, 6.07) is 3.44. The zero-order valence-corrected chi connectivity index (χ0v) is 26.7. The number of aliphatic hydroxyl groups is 2. The van der Waals surface area contributed by atoms with Crippen LogP contribution in [0.4, 0.5) is 0 Å². The Kier molecular flexibility index (Phi) is 7.80. The molecule has 4 aliphatic rings. The molecule has 1 saturated heterocycles. The van der Waals surface area contributed by atoms with Gasteiger partial charge in [0.2, 0.25) is 11.5 Å². The van der Waals surface area contributed by atoms with Crippen molar-refractivity contribution in [2.45, 2.75) is 62.4 Å². The number of Topliss-reactive ketones (excluding diaryl/α,β-unsaturated/α-hetero) is 2. The molecule has 1 spiro atoms. The van der Waals surface area contributed by atoms with Crippen LogP contribution in [-0.2, 0) is 30.1 Å². The number of aliphatic hydroxyl groups excluding tert-OH is 2. The number of carbonyl (C=O) groups excluding carboxylic acids is 3. The molecule has 2 aromatic carbocycles. The number of ether oxygens (including phenoxy) is 7. The number of esters is 1. The maximum atomic E-state index is 14.2. The maximum Gasteiger partial charge on any atom is 0.374 e. The molecular formula is C33H30O17. The second-order valence-corrected chi connectivity index (χ2v) is 12.1. The lowest BCUT2D eigenvalue weighted by atomic mass is 9.82. The van der Waals surface area contributed by atoms with Gasteiger partial charge in [-0.2, -0.15) is 0 Å². The first-order valence-corrected chi connectivity index (χ1v) is 15.2. The van der Waals surface area contributed by atoms with Crippen LogP contribution in [0.25, 0.3) is 10.8 Å². The van der Waals surface area contributed by atoms with E-state index in [1.807, 2.05) is 0 Å². The number of fused-ring (bicyclic) bond motifs is 3. The lowest BCUT2D eigenvalue weighted by Crippen LogP contribution is -2.61. The van der Waals surface area contributed by atoms with Crippen molar-refractivity contribution in [3.63, 3.8) is 0 Å². The molecule has 50 heavy (non-hydrogen) atoms. The van der Waals surface area contributed by atoms with E-state index in [9.17, 15) is 44.7 Å². The Balaban J connectivity index is 1.39. The summed E-state index contributed by atoms with van der Waals surface area (Å²) in [4.78, 5) is 53.3. The van der Waals surface area contributed by atoms with E-state index in [1.54, 1.807) is 6.92 Å². The van der Waals surface area contributed by atoms with Crippen molar-refractivity contribution in [1.29, 1.82) is 0 Å². The molecule has 7 atom stereocenters. The number of hydrogen-bond donors (Lipinski definition) is 5. The minimum atomic E-state index is -2.54. The van der Waals surface area contributed by atoms with Crippen LogP contribution >= 0.6 is 0 Å². The first-order chi connectivity index (χ1) is 23.8. The third-order valence-electron chi connectivity index (χ3n) is 9.33. The molecule has 7 rings (SSSR count). The number of carbonyl (C=O) groups is 3. The number of phenolic OH excluding ortho intramolecular Hbond substituents is 3. The molecule has 1 aromatic heterocycles. The number of rotatable bonds is 5. The standard InChI is InChI=1S/C33H30O17/c1-10-23(36)15(44-3)9-18(46-10)48-30-22-25(38)20-13(34)8-14(43-2)24(37)21(20)27(40)29(22)50-33(30)17(35)7-12-5-11-6-16(31(41)45-4)47-32(42)19(11)26(39)28(12)49-33/h5-6,8,10,15,17-18,23,30,34-37,39H,7,9H2,1-4H3/t10-,15+,17+,18-,23-,30+,33?/m0/s1. The zero-order chi connectivity index (χ0) is 36.0. The summed E-state index contributed by atoms with van der Waals surface area (Å²) < 4.78 is 44.4. The first kappa shape index (κ1) is 33.3. The highest BCUT2D eigenvalue weighted by Gasteiger charge is 2.65. The van der Waals surface area contributed by atoms with E-state index >= 15 is 0 Å². The molecule has 3 aliphatic heterocycles. The fourth-order valence-corrected chi connectivity index (χ4v) is 6.85. The van der Waals surface area contributed by atoms with Crippen molar-refractivity contribution in [3.8, 4) is 28.7 Å². The first-order valence-electron chi connectivity index (χ1n) is 15.2. The van der Waals surface area contributed by atoms with E-state index < -0.39 is 129 Å². The van der Waals surface area contributed by atoms with Gasteiger partial charge >= 0.3 is 17.4 Å². The predicted octanol–water partition coefficient (Wildman–Crippen LogP) is 0.957. The van der Waals surface area contributed by atoms with Crippen LogP contribution in [0, 0.1) is 0 Å². The monoisotopic (exact) mass is 698 g/mol. The summed E-state index contributed by atoms with van der Waals surface area (Å²) in [5.41, 5.74) is -2.80. The molecule has 17 nitrogen and oxygen atoms in total. The molecule has 0 radical (unpaired) electrons. The average molecular weight is 699 g/mol. The topological polar surface area (TPSA) is 247 Å². The van der Waals surface area contributed by atoms with Crippen LogP contribution in [0.3, 0.4) is 0 Å². The lowest BCUT2D eigenvalue weighted by molar-refractivity contribution is -0.311. The number of aromatic hydroxyl groups is 3. The molecule has 3 aromatic rings. The van der Waals surface area contributed by atoms with E-state index in [-0.39, 0.29) is 23.1 Å². The van der Waals surface area contributed by atoms with Gasteiger partial charge in [-0.3, -0.25) is 9.59 Å². The molecule has 264 valence electrons. The van der Waals surface area contributed by atoms with Gasteiger partial charge in [-0.05, 0) is 24.4 Å². The highest BCUT2D eigenvalue weighted by Crippen LogP contribution is 2.54. The van der Waals surface area contributed by atoms with Crippen LogP contribution in [0.2, 0.25) is 0 Å². The summed E-state index contributed by atoms with van der Waals surface area (Å²) in [7, 11) is 3.60. The molecule has 1 unspecified atom stereocenters. The van der Waals surface area contributed by atoms with Crippen molar-refractivity contribution in [2.75, 3.05) is 21.3 Å². The summed E-state index contributed by atoms with van der Waals surface area (Å²) in [5.74, 6) is -9.83. The normalized spacial score (nSPS) is 28.5. The van der Waals surface area contributed by atoms with Crippen LogP contribution in [-0.4, -0.2) is 107 Å². The highest BCUT2D eigenvalue weighted by molar-refractivity contribution is 6.29. The van der Waals surface area contributed by atoms with Gasteiger partial charge in [0.15, 0.2) is 46.9 Å². The second-order valence-electron chi connectivity index (χ2n) is 12.1. The van der Waals surface area contributed by atoms with Crippen LogP contribution in [0.1, 0.15) is 50.2 Å². The predicted molar refractivity (Wildman–Crippen MR) is 162 cm³/mol. The molecule has 1 fully saturated rings. The van der Waals surface area contributed by atoms with Crippen molar-refractivity contribution in [2.24, 2.45) is 0 Å². The van der Waals surface area contributed by atoms with E-state index in [1.165, 1.54) is 13.2 Å². The number of benzene rings is 2. The zero-order valence-electron chi connectivity index (χ0n) is 26.7. The van der Waals surface area contributed by atoms with E-state index in [4.69, 9.17) is 32.8 Å². The van der Waals surface area contributed by atoms with Crippen LogP contribution in [0.15, 0.2) is 38.7 Å². The Labute approximate surface area is 280 Å². The van der Waals surface area contributed by atoms with Gasteiger partial charge in [-0.15, -0.1) is 0 Å². The number of phenols is 3. The third kappa shape index (κ3) is 4.65. The molecule has 1 aliphatic carbocycles. The van der Waals surface area contributed by atoms with Gasteiger partial charge < -0.3 is 63.1 Å². The van der Waals surface area contributed by atoms with Crippen molar-refractivity contribution < 1.29 is 77.5 Å². The van der Waals surface area contributed by atoms with Crippen molar-refractivity contribution in [1.82, 2.24) is 0 Å². The minimum absolute atomic E-state index is 0.0386. The highest BCUT2D eigenvalue weighted by atomic mass is 16.8. The Bertz CT molecular complexity index is 2080. The van der Waals surface area contributed by atoms with E-state index in [0.29, 0.717) is 0 Å². The average Bonchev–Trinajstić information content (AvgIpc) is 3.40. The van der Waals surface area contributed by atoms with Gasteiger partial charge in [-0.1, -0.05) is 0 Å². The Morgan fingerprint density at radius 1 is 0.960 bits per heavy atom. The lowest BCUT2D eigenvalue weighted by Gasteiger charge is -2.44. The number of hydrogen-bond acceptors (Lipinski definition) is 17. The molecule has 4 heterocycles. The largest absolute Gasteiger partial charge is 0.507 e. The molecule has 0 amide bonds. The Morgan fingerprint density at radius 3 is 2.38 bits per heavy atom.